The molecule has 8 heteroatoms. The first kappa shape index (κ1) is 20.0. The van der Waals surface area contributed by atoms with Gasteiger partial charge in [-0.25, -0.2) is 17.5 Å². The van der Waals surface area contributed by atoms with Crippen molar-refractivity contribution >= 4 is 21.6 Å². The molecule has 0 radical (unpaired) electrons. The predicted molar refractivity (Wildman–Crippen MR) is 103 cm³/mol. The molecule has 1 aliphatic carbocycles. The van der Waals surface area contributed by atoms with E-state index in [2.05, 4.69) is 16.1 Å². The van der Waals surface area contributed by atoms with Crippen LogP contribution in [0.5, 0.6) is 0 Å². The summed E-state index contributed by atoms with van der Waals surface area (Å²) in [6.07, 6.45) is 2.53. The number of halogens is 1. The Morgan fingerprint density at radius 2 is 1.79 bits per heavy atom. The molecule has 3 rings (SSSR count). The summed E-state index contributed by atoms with van der Waals surface area (Å²) < 4.78 is 38.8. The van der Waals surface area contributed by atoms with Gasteiger partial charge in [0.05, 0.1) is 23.8 Å². The summed E-state index contributed by atoms with van der Waals surface area (Å²) in [5.74, 6) is -0.836. The van der Waals surface area contributed by atoms with Crippen molar-refractivity contribution in [1.82, 2.24) is 4.72 Å². The van der Waals surface area contributed by atoms with Crippen molar-refractivity contribution in [3.05, 3.63) is 65.5 Å². The zero-order chi connectivity index (χ0) is 20.4. The van der Waals surface area contributed by atoms with Crippen molar-refractivity contribution in [3.63, 3.8) is 0 Å². The fraction of sp³-hybridized carbons (Fsp3) is 0.300. The standard InChI is InChI=1S/C20H20FN3O3S/c1-28(26,27)24-18(14-2-6-16(21)7-3-14)12-19(25)23-17-8-4-15(5-9-17)20(13-22)10-11-20/h2-9,18,24H,10-12H2,1H3,(H,23,25)/t18-/m0/s1. The Morgan fingerprint density at radius 3 is 2.29 bits per heavy atom. The van der Waals surface area contributed by atoms with E-state index in [1.165, 1.54) is 24.3 Å². The second-order valence-corrected chi connectivity index (χ2v) is 8.80. The summed E-state index contributed by atoms with van der Waals surface area (Å²) in [5, 5.41) is 12.0. The lowest BCUT2D eigenvalue weighted by atomic mass is 9.97. The summed E-state index contributed by atoms with van der Waals surface area (Å²) in [4.78, 5) is 12.4. The quantitative estimate of drug-likeness (QED) is 0.745. The van der Waals surface area contributed by atoms with E-state index in [1.54, 1.807) is 12.1 Å². The third-order valence-electron chi connectivity index (χ3n) is 4.70. The Hall–Kier alpha value is -2.76. The zero-order valence-corrected chi connectivity index (χ0v) is 16.1. The summed E-state index contributed by atoms with van der Waals surface area (Å²) in [6, 6.07) is 13.9. The van der Waals surface area contributed by atoms with Crippen LogP contribution in [0, 0.1) is 17.1 Å². The van der Waals surface area contributed by atoms with Gasteiger partial charge in [0.2, 0.25) is 15.9 Å². The monoisotopic (exact) mass is 401 g/mol. The lowest BCUT2D eigenvalue weighted by Crippen LogP contribution is -2.30. The highest BCUT2D eigenvalue weighted by molar-refractivity contribution is 7.88. The Kier molecular flexibility index (Phi) is 5.49. The number of hydrogen-bond acceptors (Lipinski definition) is 4. The topological polar surface area (TPSA) is 99.1 Å². The van der Waals surface area contributed by atoms with Crippen molar-refractivity contribution in [1.29, 1.82) is 5.26 Å². The molecule has 0 aromatic heterocycles. The van der Waals surface area contributed by atoms with Gasteiger partial charge in [-0.1, -0.05) is 24.3 Å². The number of anilines is 1. The second-order valence-electron chi connectivity index (χ2n) is 7.02. The van der Waals surface area contributed by atoms with Crippen molar-refractivity contribution < 1.29 is 17.6 Å². The minimum atomic E-state index is -3.57. The molecular formula is C20H20FN3O3S. The van der Waals surface area contributed by atoms with Gasteiger partial charge in [-0.3, -0.25) is 4.79 Å². The molecule has 1 atom stereocenters. The number of sulfonamides is 1. The average Bonchev–Trinajstić information content (AvgIpc) is 3.42. The number of nitrogens with zero attached hydrogens (tertiary/aromatic N) is 1. The van der Waals surface area contributed by atoms with Gasteiger partial charge in [-0.2, -0.15) is 5.26 Å². The summed E-state index contributed by atoms with van der Waals surface area (Å²) >= 11 is 0. The van der Waals surface area contributed by atoms with Crippen LogP contribution in [0.1, 0.15) is 36.4 Å². The molecule has 2 N–H and O–H groups in total. The molecule has 1 saturated carbocycles. The molecular weight excluding hydrogens is 381 g/mol. The first-order valence-corrected chi connectivity index (χ1v) is 10.6. The Labute approximate surface area is 163 Å². The van der Waals surface area contributed by atoms with Crippen LogP contribution < -0.4 is 10.0 Å². The summed E-state index contributed by atoms with van der Waals surface area (Å²) in [6.45, 7) is 0. The van der Waals surface area contributed by atoms with Gasteiger partial charge in [0.1, 0.15) is 5.82 Å². The number of carbonyl (C=O) groups excluding carboxylic acids is 1. The van der Waals surface area contributed by atoms with Crippen molar-refractivity contribution in [2.24, 2.45) is 0 Å². The number of amides is 1. The molecule has 1 fully saturated rings. The highest BCUT2D eigenvalue weighted by Crippen LogP contribution is 2.47. The number of rotatable bonds is 7. The van der Waals surface area contributed by atoms with Gasteiger partial charge in [0.15, 0.2) is 0 Å². The van der Waals surface area contributed by atoms with Gasteiger partial charge < -0.3 is 5.32 Å². The van der Waals surface area contributed by atoms with Gasteiger partial charge in [-0.15, -0.1) is 0 Å². The Morgan fingerprint density at radius 1 is 1.18 bits per heavy atom. The second kappa shape index (κ2) is 7.70. The summed E-state index contributed by atoms with van der Waals surface area (Å²) in [5.41, 5.74) is 1.58. The van der Waals surface area contributed by atoms with Crippen LogP contribution in [-0.4, -0.2) is 20.6 Å². The first-order valence-electron chi connectivity index (χ1n) is 8.75. The first-order chi connectivity index (χ1) is 13.2. The lowest BCUT2D eigenvalue weighted by molar-refractivity contribution is -0.116. The molecule has 2 aromatic carbocycles. The van der Waals surface area contributed by atoms with E-state index in [4.69, 9.17) is 0 Å². The number of benzene rings is 2. The van der Waals surface area contributed by atoms with E-state index in [-0.39, 0.29) is 12.3 Å². The molecule has 6 nitrogen and oxygen atoms in total. The SMILES string of the molecule is CS(=O)(=O)N[C@@H](CC(=O)Nc1ccc(C2(C#N)CC2)cc1)c1ccc(F)cc1. The van der Waals surface area contributed by atoms with E-state index < -0.39 is 27.3 Å². The summed E-state index contributed by atoms with van der Waals surface area (Å²) in [7, 11) is -3.57. The highest BCUT2D eigenvalue weighted by atomic mass is 32.2. The molecule has 1 amide bonds. The molecule has 0 aliphatic heterocycles. The van der Waals surface area contributed by atoms with Crippen LogP contribution in [0.2, 0.25) is 0 Å². The minimum Gasteiger partial charge on any atom is -0.326 e. The van der Waals surface area contributed by atoms with Crippen LogP contribution in [0.15, 0.2) is 48.5 Å². The Balaban J connectivity index is 1.69. The van der Waals surface area contributed by atoms with Crippen molar-refractivity contribution in [2.75, 3.05) is 11.6 Å². The van der Waals surface area contributed by atoms with Gasteiger partial charge in [0, 0.05) is 12.1 Å². The lowest BCUT2D eigenvalue weighted by Gasteiger charge is -2.18. The predicted octanol–water partition coefficient (Wildman–Crippen LogP) is 3.00. The molecule has 0 spiro atoms. The maximum atomic E-state index is 13.1. The largest absolute Gasteiger partial charge is 0.326 e. The molecule has 1 aliphatic rings. The van der Waals surface area contributed by atoms with Crippen LogP contribution in [0.3, 0.4) is 0 Å². The van der Waals surface area contributed by atoms with Gasteiger partial charge in [0.25, 0.3) is 0 Å². The maximum absolute atomic E-state index is 13.1. The zero-order valence-electron chi connectivity index (χ0n) is 15.3. The van der Waals surface area contributed by atoms with Crippen LogP contribution >= 0.6 is 0 Å². The van der Waals surface area contributed by atoms with Crippen molar-refractivity contribution in [2.45, 2.75) is 30.7 Å². The average molecular weight is 401 g/mol. The number of nitrogens with one attached hydrogen (secondary N) is 2. The third kappa shape index (κ3) is 4.94. The smallest absolute Gasteiger partial charge is 0.226 e. The van der Waals surface area contributed by atoms with E-state index >= 15 is 0 Å². The van der Waals surface area contributed by atoms with E-state index in [0.717, 1.165) is 24.7 Å². The van der Waals surface area contributed by atoms with E-state index in [1.807, 2.05) is 12.1 Å². The molecule has 146 valence electrons. The van der Waals surface area contributed by atoms with E-state index in [9.17, 15) is 22.9 Å². The highest BCUT2D eigenvalue weighted by Gasteiger charge is 2.44. The number of hydrogen-bond donors (Lipinski definition) is 2. The molecule has 0 bridgehead atoms. The van der Waals surface area contributed by atoms with Crippen LogP contribution in [0.4, 0.5) is 10.1 Å². The van der Waals surface area contributed by atoms with Gasteiger partial charge in [-0.05, 0) is 48.2 Å². The third-order valence-corrected chi connectivity index (χ3v) is 5.42. The Bertz CT molecular complexity index is 1010. The van der Waals surface area contributed by atoms with Crippen LogP contribution in [0.25, 0.3) is 0 Å². The minimum absolute atomic E-state index is 0.150. The van der Waals surface area contributed by atoms with Gasteiger partial charge >= 0.3 is 0 Å². The number of nitriles is 1. The van der Waals surface area contributed by atoms with Crippen LogP contribution in [-0.2, 0) is 20.2 Å². The maximum Gasteiger partial charge on any atom is 0.226 e. The normalized spacial score (nSPS) is 16.0. The van der Waals surface area contributed by atoms with E-state index in [0.29, 0.717) is 11.3 Å². The number of carbonyl (C=O) groups is 1. The molecule has 2 aromatic rings. The fourth-order valence-electron chi connectivity index (χ4n) is 3.04. The molecule has 0 saturated heterocycles. The molecule has 0 unspecified atom stereocenters. The molecule has 28 heavy (non-hydrogen) atoms. The fourth-order valence-corrected chi connectivity index (χ4v) is 3.78. The molecule has 0 heterocycles. The van der Waals surface area contributed by atoms with Crippen molar-refractivity contribution in [3.8, 4) is 6.07 Å².